The number of nitrogens with zero attached hydrogens (tertiary/aromatic N) is 1. The lowest BCUT2D eigenvalue weighted by Gasteiger charge is -2.26. The first-order valence-corrected chi connectivity index (χ1v) is 4.21. The maximum Gasteiger partial charge on any atom is 0.467 e. The molecule has 0 aliphatic rings. The number of hydrogen-bond acceptors (Lipinski definition) is 2. The van der Waals surface area contributed by atoms with Gasteiger partial charge >= 0.3 is 12.6 Å². The highest BCUT2D eigenvalue weighted by atomic mass is 19.4. The van der Waals surface area contributed by atoms with Crippen molar-refractivity contribution in [3.8, 4) is 0 Å². The summed E-state index contributed by atoms with van der Waals surface area (Å²) in [6.45, 7) is -1.37. The van der Waals surface area contributed by atoms with Crippen molar-refractivity contribution in [1.29, 1.82) is 0 Å². The summed E-state index contributed by atoms with van der Waals surface area (Å²) in [5.41, 5.74) is 0. The average Bonchev–Trinajstić information content (AvgIpc) is 1.99. The molecule has 8 heteroatoms. The van der Waals surface area contributed by atoms with Crippen molar-refractivity contribution in [1.82, 2.24) is 4.90 Å². The molecule has 0 aromatic heterocycles. The summed E-state index contributed by atoms with van der Waals surface area (Å²) >= 11 is 0. The van der Waals surface area contributed by atoms with Gasteiger partial charge in [-0.1, -0.05) is 0 Å². The SMILES string of the molecule is OCCCCCN(C(F)(F)F)C(F)(F)F. The van der Waals surface area contributed by atoms with Gasteiger partial charge in [-0.2, -0.15) is 26.3 Å². The van der Waals surface area contributed by atoms with Gasteiger partial charge in [0.15, 0.2) is 0 Å². The molecule has 2 nitrogen and oxygen atoms in total. The minimum atomic E-state index is -5.41. The van der Waals surface area contributed by atoms with E-state index in [4.69, 9.17) is 5.11 Å². The molecule has 92 valence electrons. The standard InChI is InChI=1S/C7H11F6NO/c8-6(9,10)14(7(11,12)13)4-2-1-3-5-15/h15H,1-5H2. The van der Waals surface area contributed by atoms with Gasteiger partial charge in [-0.15, -0.1) is 4.90 Å². The van der Waals surface area contributed by atoms with Crippen molar-refractivity contribution in [3.05, 3.63) is 0 Å². The maximum atomic E-state index is 11.9. The van der Waals surface area contributed by atoms with Crippen LogP contribution in [0.1, 0.15) is 19.3 Å². The molecule has 0 aliphatic heterocycles. The van der Waals surface area contributed by atoms with Gasteiger partial charge in [-0.05, 0) is 19.3 Å². The van der Waals surface area contributed by atoms with Gasteiger partial charge in [-0.3, -0.25) is 0 Å². The van der Waals surface area contributed by atoms with Crippen molar-refractivity contribution in [2.75, 3.05) is 13.2 Å². The van der Waals surface area contributed by atoms with Gasteiger partial charge in [0.25, 0.3) is 0 Å². The highest BCUT2D eigenvalue weighted by molar-refractivity contribution is 4.63. The van der Waals surface area contributed by atoms with Gasteiger partial charge in [0.1, 0.15) is 0 Å². The van der Waals surface area contributed by atoms with Crippen LogP contribution in [-0.4, -0.2) is 35.8 Å². The largest absolute Gasteiger partial charge is 0.467 e. The second-order valence-electron chi connectivity index (χ2n) is 2.87. The summed E-state index contributed by atoms with van der Waals surface area (Å²) in [4.78, 5) is -1.46. The molecule has 0 bridgehead atoms. The van der Waals surface area contributed by atoms with Crippen LogP contribution in [0.4, 0.5) is 26.3 Å². The normalized spacial score (nSPS) is 13.6. The number of alkyl halides is 6. The van der Waals surface area contributed by atoms with Crippen molar-refractivity contribution in [3.63, 3.8) is 0 Å². The van der Waals surface area contributed by atoms with Crippen LogP contribution in [0.5, 0.6) is 0 Å². The molecule has 0 aromatic carbocycles. The third kappa shape index (κ3) is 5.83. The van der Waals surface area contributed by atoms with E-state index in [1.165, 1.54) is 0 Å². The smallest absolute Gasteiger partial charge is 0.396 e. The van der Waals surface area contributed by atoms with Crippen molar-refractivity contribution in [2.45, 2.75) is 31.9 Å². The van der Waals surface area contributed by atoms with Crippen LogP contribution in [-0.2, 0) is 0 Å². The lowest BCUT2D eigenvalue weighted by molar-refractivity contribution is -0.372. The number of unbranched alkanes of at least 4 members (excludes halogenated alkanes) is 2. The maximum absolute atomic E-state index is 11.9. The Morgan fingerprint density at radius 3 is 1.60 bits per heavy atom. The first-order valence-electron chi connectivity index (χ1n) is 4.21. The molecule has 0 unspecified atom stereocenters. The van der Waals surface area contributed by atoms with E-state index < -0.39 is 24.0 Å². The first kappa shape index (κ1) is 14.5. The monoisotopic (exact) mass is 239 g/mol. The molecule has 0 atom stereocenters. The first-order chi connectivity index (χ1) is 6.69. The Morgan fingerprint density at radius 1 is 0.800 bits per heavy atom. The molecule has 1 N–H and O–H groups in total. The Labute approximate surface area is 82.5 Å². The summed E-state index contributed by atoms with van der Waals surface area (Å²) in [6, 6.07) is 0. The molecule has 0 saturated carbocycles. The van der Waals surface area contributed by atoms with E-state index in [-0.39, 0.29) is 25.9 Å². The van der Waals surface area contributed by atoms with Gasteiger partial charge in [0.05, 0.1) is 0 Å². The third-order valence-electron chi connectivity index (χ3n) is 1.65. The Kier molecular flexibility index (Phi) is 5.36. The van der Waals surface area contributed by atoms with E-state index in [9.17, 15) is 26.3 Å². The second-order valence-corrected chi connectivity index (χ2v) is 2.87. The molecular weight excluding hydrogens is 228 g/mol. The lowest BCUT2D eigenvalue weighted by atomic mass is 10.2. The minimum Gasteiger partial charge on any atom is -0.396 e. The van der Waals surface area contributed by atoms with Gasteiger partial charge in [0, 0.05) is 13.2 Å². The highest BCUT2D eigenvalue weighted by Gasteiger charge is 2.53. The minimum absolute atomic E-state index is 0.124. The van der Waals surface area contributed by atoms with Crippen LogP contribution in [0, 0.1) is 0 Å². The highest BCUT2D eigenvalue weighted by Crippen LogP contribution is 2.33. The van der Waals surface area contributed by atoms with Gasteiger partial charge < -0.3 is 5.11 Å². The zero-order chi connectivity index (χ0) is 12.1. The summed E-state index contributed by atoms with van der Waals surface area (Å²) in [6.07, 6.45) is -10.8. The molecule has 15 heavy (non-hydrogen) atoms. The van der Waals surface area contributed by atoms with E-state index in [1.807, 2.05) is 0 Å². The summed E-state index contributed by atoms with van der Waals surface area (Å²) in [5, 5.41) is 8.29. The van der Waals surface area contributed by atoms with E-state index in [1.54, 1.807) is 0 Å². The van der Waals surface area contributed by atoms with Crippen LogP contribution in [0.15, 0.2) is 0 Å². The van der Waals surface area contributed by atoms with E-state index in [2.05, 4.69) is 0 Å². The molecule has 0 spiro atoms. The fourth-order valence-electron chi connectivity index (χ4n) is 0.956. The second kappa shape index (κ2) is 5.55. The molecule has 0 radical (unpaired) electrons. The molecule has 0 heterocycles. The lowest BCUT2D eigenvalue weighted by Crippen LogP contribution is -2.48. The third-order valence-corrected chi connectivity index (χ3v) is 1.65. The Hall–Kier alpha value is -0.500. The molecule has 0 saturated heterocycles. The fraction of sp³-hybridized carbons (Fsp3) is 1.00. The summed E-state index contributed by atoms with van der Waals surface area (Å²) in [5.74, 6) is 0. The molecule has 0 aromatic rings. The molecular formula is C7H11F6NO. The van der Waals surface area contributed by atoms with E-state index in [0.29, 0.717) is 0 Å². The number of rotatable bonds is 5. The van der Waals surface area contributed by atoms with Gasteiger partial charge in [0.2, 0.25) is 0 Å². The Morgan fingerprint density at radius 2 is 1.27 bits per heavy atom. The average molecular weight is 239 g/mol. The summed E-state index contributed by atoms with van der Waals surface area (Å²) in [7, 11) is 0. The predicted molar refractivity (Wildman–Crippen MR) is 39.8 cm³/mol. The van der Waals surface area contributed by atoms with Gasteiger partial charge in [-0.25, -0.2) is 0 Å². The zero-order valence-electron chi connectivity index (χ0n) is 7.70. The van der Waals surface area contributed by atoms with Crippen LogP contribution in [0.25, 0.3) is 0 Å². The quantitative estimate of drug-likeness (QED) is 0.452. The number of halogens is 6. The molecule has 0 fully saturated rings. The van der Waals surface area contributed by atoms with Crippen molar-refractivity contribution >= 4 is 0 Å². The topological polar surface area (TPSA) is 23.5 Å². The zero-order valence-corrected chi connectivity index (χ0v) is 7.70. The number of hydrogen-bond donors (Lipinski definition) is 1. The predicted octanol–water partition coefficient (Wildman–Crippen LogP) is 2.49. The Balaban J connectivity index is 4.17. The Bertz CT molecular complexity index is 163. The molecule has 0 aliphatic carbocycles. The molecule has 0 amide bonds. The van der Waals surface area contributed by atoms with Crippen LogP contribution in [0.2, 0.25) is 0 Å². The van der Waals surface area contributed by atoms with Crippen molar-refractivity contribution in [2.24, 2.45) is 0 Å². The molecule has 0 rings (SSSR count). The summed E-state index contributed by atoms with van der Waals surface area (Å²) < 4.78 is 71.3. The van der Waals surface area contributed by atoms with E-state index in [0.717, 1.165) is 0 Å². The van der Waals surface area contributed by atoms with Crippen LogP contribution >= 0.6 is 0 Å². The van der Waals surface area contributed by atoms with Crippen LogP contribution in [0.3, 0.4) is 0 Å². The fourth-order valence-corrected chi connectivity index (χ4v) is 0.956. The van der Waals surface area contributed by atoms with Crippen LogP contribution < -0.4 is 0 Å². The number of aliphatic hydroxyl groups is 1. The van der Waals surface area contributed by atoms with Crippen molar-refractivity contribution < 1.29 is 31.4 Å². The van der Waals surface area contributed by atoms with E-state index >= 15 is 0 Å². The number of aliphatic hydroxyl groups excluding tert-OH is 1.